The van der Waals surface area contributed by atoms with Gasteiger partial charge in [-0.3, -0.25) is 14.8 Å². The van der Waals surface area contributed by atoms with Crippen molar-refractivity contribution in [3.63, 3.8) is 0 Å². The second-order valence-corrected chi connectivity index (χ2v) is 9.08. The Morgan fingerprint density at radius 3 is 2.73 bits per heavy atom. The number of ketones is 1. The number of nitrogens with one attached hydrogen (secondary N) is 1. The maximum absolute atomic E-state index is 14.8. The van der Waals surface area contributed by atoms with Gasteiger partial charge in [0.05, 0.1) is 34.1 Å². The van der Waals surface area contributed by atoms with E-state index in [0.717, 1.165) is 33.9 Å². The molecule has 0 aliphatic carbocycles. The van der Waals surface area contributed by atoms with Crippen molar-refractivity contribution >= 4 is 27.3 Å². The van der Waals surface area contributed by atoms with Crippen molar-refractivity contribution in [2.24, 2.45) is 5.92 Å². The van der Waals surface area contributed by atoms with Crippen molar-refractivity contribution in [1.82, 2.24) is 15.3 Å². The molecule has 5 rings (SSSR count). The molecule has 0 radical (unpaired) electrons. The largest absolute Gasteiger partial charge is 0.495 e. The van der Waals surface area contributed by atoms with Gasteiger partial charge in [0.25, 0.3) is 0 Å². The lowest BCUT2D eigenvalue weighted by Crippen LogP contribution is -2.43. The van der Waals surface area contributed by atoms with E-state index in [4.69, 9.17) is 9.47 Å². The van der Waals surface area contributed by atoms with E-state index < -0.39 is 5.82 Å². The van der Waals surface area contributed by atoms with Crippen LogP contribution >= 0.6 is 11.3 Å². The average Bonchev–Trinajstić information content (AvgIpc) is 3.23. The van der Waals surface area contributed by atoms with Crippen molar-refractivity contribution in [3.05, 3.63) is 66.2 Å². The van der Waals surface area contributed by atoms with Gasteiger partial charge in [0, 0.05) is 25.1 Å². The second-order valence-electron chi connectivity index (χ2n) is 8.03. The molecule has 0 unspecified atom stereocenters. The summed E-state index contributed by atoms with van der Waals surface area (Å²) in [5, 5.41) is 3.16. The Hall–Kier alpha value is -3.36. The average molecular weight is 464 g/mol. The SMILES string of the molecule is COc1ccc(-c2cc3nccc(Oc4ccc(CC(=O)CC5CNC5)cc4F)c3s2)nc1. The number of ether oxygens (including phenoxy) is 2. The third-order valence-electron chi connectivity index (χ3n) is 5.60. The molecule has 0 spiro atoms. The molecule has 1 saturated heterocycles. The van der Waals surface area contributed by atoms with E-state index in [1.54, 1.807) is 37.7 Å². The van der Waals surface area contributed by atoms with Crippen LogP contribution in [0.4, 0.5) is 4.39 Å². The number of hydrogen-bond donors (Lipinski definition) is 1. The number of thiophene rings is 1. The highest BCUT2D eigenvalue weighted by Crippen LogP contribution is 2.39. The normalized spacial score (nSPS) is 13.6. The first kappa shape index (κ1) is 21.5. The van der Waals surface area contributed by atoms with Gasteiger partial charge >= 0.3 is 0 Å². The van der Waals surface area contributed by atoms with E-state index in [-0.39, 0.29) is 18.0 Å². The fourth-order valence-electron chi connectivity index (χ4n) is 3.74. The standard InChI is InChI=1S/C25H22FN3O3S/c1-31-18-3-4-20(29-14-18)24-11-21-25(33-24)23(6-7-28-21)32-22-5-2-15(10-19(22)26)8-17(30)9-16-12-27-13-16/h2-7,10-11,14,16,27H,8-9,12-13H2,1H3. The number of aromatic nitrogens is 2. The predicted octanol–water partition coefficient (Wildman–Crippen LogP) is 5.02. The highest BCUT2D eigenvalue weighted by Gasteiger charge is 2.20. The Bertz CT molecular complexity index is 1300. The van der Waals surface area contributed by atoms with Crippen molar-refractivity contribution in [2.45, 2.75) is 12.8 Å². The number of carbonyl (C=O) groups is 1. The van der Waals surface area contributed by atoms with Crippen LogP contribution in [-0.2, 0) is 11.2 Å². The molecule has 33 heavy (non-hydrogen) atoms. The molecule has 3 aromatic heterocycles. The third-order valence-corrected chi connectivity index (χ3v) is 6.76. The molecule has 0 atom stereocenters. The number of Topliss-reactive ketones (excluding diaryl/α,β-unsaturated/α-hetero) is 1. The first-order chi connectivity index (χ1) is 16.1. The van der Waals surface area contributed by atoms with Gasteiger partial charge < -0.3 is 14.8 Å². The predicted molar refractivity (Wildman–Crippen MR) is 126 cm³/mol. The molecule has 1 aliphatic rings. The minimum atomic E-state index is -0.496. The molecule has 168 valence electrons. The quantitative estimate of drug-likeness (QED) is 0.396. The summed E-state index contributed by atoms with van der Waals surface area (Å²) in [6, 6.07) is 12.1. The van der Waals surface area contributed by atoms with Gasteiger partial charge in [0.2, 0.25) is 0 Å². The van der Waals surface area contributed by atoms with Crippen molar-refractivity contribution in [1.29, 1.82) is 0 Å². The number of hydrogen-bond acceptors (Lipinski definition) is 7. The number of fused-ring (bicyclic) bond motifs is 1. The van der Waals surface area contributed by atoms with Gasteiger partial charge in [-0.25, -0.2) is 4.39 Å². The van der Waals surface area contributed by atoms with Gasteiger partial charge in [0.15, 0.2) is 11.6 Å². The lowest BCUT2D eigenvalue weighted by molar-refractivity contribution is -0.119. The lowest BCUT2D eigenvalue weighted by atomic mass is 9.94. The van der Waals surface area contributed by atoms with E-state index in [9.17, 15) is 9.18 Å². The zero-order valence-electron chi connectivity index (χ0n) is 18.0. The Balaban J connectivity index is 1.35. The molecule has 8 heteroatoms. The first-order valence-corrected chi connectivity index (χ1v) is 11.5. The zero-order valence-corrected chi connectivity index (χ0v) is 18.8. The van der Waals surface area contributed by atoms with Crippen LogP contribution in [0.1, 0.15) is 12.0 Å². The van der Waals surface area contributed by atoms with E-state index in [1.165, 1.54) is 17.4 Å². The number of carbonyl (C=O) groups excluding carboxylic acids is 1. The monoisotopic (exact) mass is 463 g/mol. The molecule has 4 heterocycles. The number of halogens is 1. The maximum atomic E-state index is 14.8. The molecular weight excluding hydrogens is 441 g/mol. The van der Waals surface area contributed by atoms with Crippen LogP contribution in [0.15, 0.2) is 54.9 Å². The minimum absolute atomic E-state index is 0.111. The summed E-state index contributed by atoms with van der Waals surface area (Å²) in [6.07, 6.45) is 4.06. The number of rotatable bonds is 8. The van der Waals surface area contributed by atoms with E-state index in [0.29, 0.717) is 29.4 Å². The molecular formula is C25H22FN3O3S. The lowest BCUT2D eigenvalue weighted by Gasteiger charge is -2.26. The number of nitrogens with zero attached hydrogens (tertiary/aromatic N) is 2. The minimum Gasteiger partial charge on any atom is -0.495 e. The summed E-state index contributed by atoms with van der Waals surface area (Å²) in [4.78, 5) is 22.0. The van der Waals surface area contributed by atoms with Crippen molar-refractivity contribution < 1.29 is 18.7 Å². The summed E-state index contributed by atoms with van der Waals surface area (Å²) < 4.78 is 26.7. The van der Waals surface area contributed by atoms with E-state index >= 15 is 0 Å². The van der Waals surface area contributed by atoms with Crippen LogP contribution in [0.3, 0.4) is 0 Å². The first-order valence-electron chi connectivity index (χ1n) is 10.7. The Morgan fingerprint density at radius 1 is 1.15 bits per heavy atom. The van der Waals surface area contributed by atoms with Crippen LogP contribution in [0, 0.1) is 11.7 Å². The molecule has 4 aromatic rings. The highest BCUT2D eigenvalue weighted by atomic mass is 32.1. The van der Waals surface area contributed by atoms with Gasteiger partial charge in [0.1, 0.15) is 17.3 Å². The summed E-state index contributed by atoms with van der Waals surface area (Å²) in [7, 11) is 1.60. The molecule has 0 saturated carbocycles. The van der Waals surface area contributed by atoms with Gasteiger partial charge in [-0.2, -0.15) is 0 Å². The molecule has 0 amide bonds. The van der Waals surface area contributed by atoms with Crippen LogP contribution in [0.25, 0.3) is 20.8 Å². The molecule has 1 aliphatic heterocycles. The summed E-state index contributed by atoms with van der Waals surface area (Å²) in [6.45, 7) is 1.76. The summed E-state index contributed by atoms with van der Waals surface area (Å²) >= 11 is 1.48. The highest BCUT2D eigenvalue weighted by molar-refractivity contribution is 7.22. The smallest absolute Gasteiger partial charge is 0.166 e. The van der Waals surface area contributed by atoms with E-state index in [2.05, 4.69) is 15.3 Å². The third kappa shape index (κ3) is 4.72. The second kappa shape index (κ2) is 9.25. The van der Waals surface area contributed by atoms with Crippen molar-refractivity contribution in [3.8, 4) is 27.8 Å². The molecule has 6 nitrogen and oxygen atoms in total. The Labute approximate surface area is 194 Å². The van der Waals surface area contributed by atoms with Crippen LogP contribution in [0.5, 0.6) is 17.2 Å². The zero-order chi connectivity index (χ0) is 22.8. The topological polar surface area (TPSA) is 73.3 Å². The fraction of sp³-hybridized carbons (Fsp3) is 0.240. The van der Waals surface area contributed by atoms with Gasteiger partial charge in [-0.05, 0) is 54.9 Å². The number of benzene rings is 1. The molecule has 1 N–H and O–H groups in total. The Kier molecular flexibility index (Phi) is 6.02. The van der Waals surface area contributed by atoms with Crippen LogP contribution in [-0.4, -0.2) is 36.0 Å². The van der Waals surface area contributed by atoms with Crippen LogP contribution in [0.2, 0.25) is 0 Å². The fourth-order valence-corrected chi connectivity index (χ4v) is 4.78. The molecule has 1 fully saturated rings. The van der Waals surface area contributed by atoms with Gasteiger partial charge in [-0.1, -0.05) is 6.07 Å². The molecule has 1 aromatic carbocycles. The number of pyridine rings is 2. The van der Waals surface area contributed by atoms with Gasteiger partial charge in [-0.15, -0.1) is 11.3 Å². The van der Waals surface area contributed by atoms with Crippen molar-refractivity contribution in [2.75, 3.05) is 20.2 Å². The maximum Gasteiger partial charge on any atom is 0.166 e. The van der Waals surface area contributed by atoms with E-state index in [1.807, 2.05) is 18.2 Å². The Morgan fingerprint density at radius 2 is 2.03 bits per heavy atom. The summed E-state index contributed by atoms with van der Waals surface area (Å²) in [5.74, 6) is 1.35. The summed E-state index contributed by atoms with van der Waals surface area (Å²) in [5.41, 5.74) is 2.20. The number of methoxy groups -OCH3 is 1. The van der Waals surface area contributed by atoms with Crippen LogP contribution < -0.4 is 14.8 Å². The molecule has 0 bridgehead atoms.